The van der Waals surface area contributed by atoms with E-state index in [1.165, 1.54) is 12.1 Å². The van der Waals surface area contributed by atoms with E-state index in [4.69, 9.17) is 33.7 Å². The molecule has 20 heavy (non-hydrogen) atoms. The second kappa shape index (κ2) is 6.59. The molecule has 0 radical (unpaired) electrons. The molecule has 0 fully saturated rings. The molecular formula is C14H12Cl2N2O2. The minimum Gasteiger partial charge on any atom is -0.462 e. The van der Waals surface area contributed by atoms with Crippen LogP contribution in [0.4, 0.5) is 5.69 Å². The van der Waals surface area contributed by atoms with Gasteiger partial charge in [0.1, 0.15) is 0 Å². The van der Waals surface area contributed by atoms with Gasteiger partial charge in [-0.05, 0) is 23.8 Å². The van der Waals surface area contributed by atoms with Crippen molar-refractivity contribution in [3.8, 4) is 0 Å². The van der Waals surface area contributed by atoms with E-state index in [2.05, 4.69) is 4.98 Å². The van der Waals surface area contributed by atoms with Gasteiger partial charge in [0.05, 0.1) is 27.9 Å². The number of hydrogen-bond donors (Lipinski definition) is 1. The van der Waals surface area contributed by atoms with Crippen LogP contribution in [0.3, 0.4) is 0 Å². The van der Waals surface area contributed by atoms with E-state index in [1.54, 1.807) is 12.4 Å². The van der Waals surface area contributed by atoms with Gasteiger partial charge < -0.3 is 10.5 Å². The van der Waals surface area contributed by atoms with Crippen molar-refractivity contribution in [3.63, 3.8) is 0 Å². The van der Waals surface area contributed by atoms with Crippen molar-refractivity contribution in [2.45, 2.75) is 6.42 Å². The van der Waals surface area contributed by atoms with Gasteiger partial charge in [-0.1, -0.05) is 29.3 Å². The Balaban J connectivity index is 1.95. The number of rotatable bonds is 4. The van der Waals surface area contributed by atoms with Crippen LogP contribution >= 0.6 is 23.2 Å². The Labute approximate surface area is 126 Å². The monoisotopic (exact) mass is 310 g/mol. The molecular weight excluding hydrogens is 299 g/mol. The SMILES string of the molecule is Nc1cc(C(=O)OCCc2cccnc2)cc(Cl)c1Cl. The fraction of sp³-hybridized carbons (Fsp3) is 0.143. The van der Waals surface area contributed by atoms with Gasteiger partial charge in [0.15, 0.2) is 0 Å². The van der Waals surface area contributed by atoms with Crippen LogP contribution in [-0.2, 0) is 11.2 Å². The summed E-state index contributed by atoms with van der Waals surface area (Å²) >= 11 is 11.7. The number of carbonyl (C=O) groups excluding carboxylic acids is 1. The number of esters is 1. The first-order valence-electron chi connectivity index (χ1n) is 5.88. The molecule has 0 aliphatic carbocycles. The van der Waals surface area contributed by atoms with E-state index < -0.39 is 5.97 Å². The molecule has 104 valence electrons. The number of carbonyl (C=O) groups is 1. The number of halogens is 2. The molecule has 0 atom stereocenters. The Morgan fingerprint density at radius 3 is 2.80 bits per heavy atom. The highest BCUT2D eigenvalue weighted by Crippen LogP contribution is 2.29. The van der Waals surface area contributed by atoms with E-state index in [9.17, 15) is 4.79 Å². The first kappa shape index (κ1) is 14.6. The number of nitrogen functional groups attached to an aromatic ring is 1. The summed E-state index contributed by atoms with van der Waals surface area (Å²) in [4.78, 5) is 15.8. The van der Waals surface area contributed by atoms with E-state index >= 15 is 0 Å². The topological polar surface area (TPSA) is 65.2 Å². The second-order valence-electron chi connectivity index (χ2n) is 4.11. The highest BCUT2D eigenvalue weighted by atomic mass is 35.5. The first-order valence-corrected chi connectivity index (χ1v) is 6.64. The lowest BCUT2D eigenvalue weighted by Gasteiger charge is -2.07. The quantitative estimate of drug-likeness (QED) is 0.694. The molecule has 0 aliphatic rings. The van der Waals surface area contributed by atoms with Crippen molar-refractivity contribution in [1.29, 1.82) is 0 Å². The molecule has 4 nitrogen and oxygen atoms in total. The lowest BCUT2D eigenvalue weighted by atomic mass is 10.2. The molecule has 1 heterocycles. The zero-order chi connectivity index (χ0) is 14.5. The van der Waals surface area contributed by atoms with Gasteiger partial charge in [-0.2, -0.15) is 0 Å². The molecule has 2 rings (SSSR count). The van der Waals surface area contributed by atoms with Crippen molar-refractivity contribution in [1.82, 2.24) is 4.98 Å². The number of nitrogens with zero attached hydrogens (tertiary/aromatic N) is 1. The number of anilines is 1. The van der Waals surface area contributed by atoms with Crippen molar-refractivity contribution < 1.29 is 9.53 Å². The van der Waals surface area contributed by atoms with Crippen LogP contribution in [0.1, 0.15) is 15.9 Å². The molecule has 0 saturated heterocycles. The number of pyridine rings is 1. The third-order valence-corrected chi connectivity index (χ3v) is 3.46. The third-order valence-electron chi connectivity index (χ3n) is 2.64. The molecule has 2 N–H and O–H groups in total. The van der Waals surface area contributed by atoms with Crippen molar-refractivity contribution in [2.75, 3.05) is 12.3 Å². The van der Waals surface area contributed by atoms with Gasteiger partial charge in [0.25, 0.3) is 0 Å². The largest absolute Gasteiger partial charge is 0.462 e. The van der Waals surface area contributed by atoms with Crippen LogP contribution in [0, 0.1) is 0 Å². The smallest absolute Gasteiger partial charge is 0.338 e. The van der Waals surface area contributed by atoms with Gasteiger partial charge in [-0.15, -0.1) is 0 Å². The molecule has 0 aliphatic heterocycles. The third kappa shape index (κ3) is 3.62. The highest BCUT2D eigenvalue weighted by molar-refractivity contribution is 6.43. The number of nitrogens with two attached hydrogens (primary N) is 1. The number of hydrogen-bond acceptors (Lipinski definition) is 4. The van der Waals surface area contributed by atoms with Crippen LogP contribution < -0.4 is 5.73 Å². The van der Waals surface area contributed by atoms with E-state index in [0.29, 0.717) is 6.42 Å². The molecule has 0 spiro atoms. The standard InChI is InChI=1S/C14H12Cl2N2O2/c15-11-6-10(7-12(17)13(11)16)14(19)20-5-3-9-2-1-4-18-8-9/h1-2,4,6-8H,3,5,17H2. The lowest BCUT2D eigenvalue weighted by molar-refractivity contribution is 0.0509. The van der Waals surface area contributed by atoms with E-state index in [0.717, 1.165) is 5.56 Å². The maximum absolute atomic E-state index is 11.9. The van der Waals surface area contributed by atoms with Gasteiger partial charge >= 0.3 is 5.97 Å². The maximum atomic E-state index is 11.9. The Hall–Kier alpha value is -1.78. The Kier molecular flexibility index (Phi) is 4.82. The summed E-state index contributed by atoms with van der Waals surface area (Å²) in [5.74, 6) is -0.487. The normalized spacial score (nSPS) is 10.3. The van der Waals surface area contributed by atoms with E-state index in [-0.39, 0.29) is 27.9 Å². The number of ether oxygens (including phenoxy) is 1. The molecule has 6 heteroatoms. The summed E-state index contributed by atoms with van der Waals surface area (Å²) in [6.45, 7) is 0.255. The minimum atomic E-state index is -0.487. The highest BCUT2D eigenvalue weighted by Gasteiger charge is 2.12. The van der Waals surface area contributed by atoms with Crippen LogP contribution in [0.2, 0.25) is 10.0 Å². The van der Waals surface area contributed by atoms with Crippen molar-refractivity contribution in [2.24, 2.45) is 0 Å². The summed E-state index contributed by atoms with van der Waals surface area (Å²) in [5.41, 5.74) is 7.17. The van der Waals surface area contributed by atoms with Gasteiger partial charge in [-0.3, -0.25) is 4.98 Å². The average Bonchev–Trinajstić information content (AvgIpc) is 2.45. The second-order valence-corrected chi connectivity index (χ2v) is 4.89. The predicted molar refractivity (Wildman–Crippen MR) is 79.1 cm³/mol. The van der Waals surface area contributed by atoms with Gasteiger partial charge in [-0.25, -0.2) is 4.79 Å². The Morgan fingerprint density at radius 1 is 1.35 bits per heavy atom. The van der Waals surface area contributed by atoms with Gasteiger partial charge in [0, 0.05) is 18.8 Å². The Morgan fingerprint density at radius 2 is 2.15 bits per heavy atom. The number of benzene rings is 1. The summed E-state index contributed by atoms with van der Waals surface area (Å²) < 4.78 is 5.16. The van der Waals surface area contributed by atoms with Crippen LogP contribution in [-0.4, -0.2) is 17.6 Å². The Bertz CT molecular complexity index is 595. The first-order chi connectivity index (χ1) is 9.58. The summed E-state index contributed by atoms with van der Waals surface area (Å²) in [6.07, 6.45) is 4.01. The molecule has 2 aromatic rings. The fourth-order valence-corrected chi connectivity index (χ4v) is 1.95. The minimum absolute atomic E-state index is 0.228. The van der Waals surface area contributed by atoms with E-state index in [1.807, 2.05) is 12.1 Å². The molecule has 0 bridgehead atoms. The van der Waals surface area contributed by atoms with Crippen molar-refractivity contribution >= 4 is 34.9 Å². The molecule has 0 unspecified atom stereocenters. The predicted octanol–water partition coefficient (Wildman–Crippen LogP) is 3.37. The molecule has 1 aromatic carbocycles. The zero-order valence-electron chi connectivity index (χ0n) is 10.5. The van der Waals surface area contributed by atoms with Crippen molar-refractivity contribution in [3.05, 3.63) is 57.8 Å². The summed E-state index contributed by atoms with van der Waals surface area (Å²) in [5, 5.41) is 0.462. The summed E-state index contributed by atoms with van der Waals surface area (Å²) in [6, 6.07) is 6.63. The molecule has 0 amide bonds. The fourth-order valence-electron chi connectivity index (χ4n) is 1.62. The molecule has 1 aromatic heterocycles. The van der Waals surface area contributed by atoms with Gasteiger partial charge in [0.2, 0.25) is 0 Å². The average molecular weight is 311 g/mol. The van der Waals surface area contributed by atoms with Crippen LogP contribution in [0.25, 0.3) is 0 Å². The maximum Gasteiger partial charge on any atom is 0.338 e. The van der Waals surface area contributed by atoms with Crippen LogP contribution in [0.5, 0.6) is 0 Å². The molecule has 0 saturated carbocycles. The lowest BCUT2D eigenvalue weighted by Crippen LogP contribution is -2.09. The summed E-state index contributed by atoms with van der Waals surface area (Å²) in [7, 11) is 0. The van der Waals surface area contributed by atoms with Crippen LogP contribution in [0.15, 0.2) is 36.7 Å². The number of aromatic nitrogens is 1. The zero-order valence-corrected chi connectivity index (χ0v) is 12.0.